The number of hydrogen-bond acceptors (Lipinski definition) is 4. The van der Waals surface area contributed by atoms with Gasteiger partial charge in [0, 0.05) is 16.5 Å². The van der Waals surface area contributed by atoms with Crippen molar-refractivity contribution in [3.63, 3.8) is 0 Å². The predicted molar refractivity (Wildman–Crippen MR) is 85.6 cm³/mol. The summed E-state index contributed by atoms with van der Waals surface area (Å²) in [6.07, 6.45) is 3.73. The molecule has 0 saturated heterocycles. The van der Waals surface area contributed by atoms with Gasteiger partial charge in [-0.25, -0.2) is 19.4 Å². The van der Waals surface area contributed by atoms with E-state index in [0.717, 1.165) is 35.7 Å². The van der Waals surface area contributed by atoms with Gasteiger partial charge in [0.1, 0.15) is 6.33 Å². The molecule has 3 heterocycles. The summed E-state index contributed by atoms with van der Waals surface area (Å²) in [5.74, 6) is 0.899. The van der Waals surface area contributed by atoms with Crippen molar-refractivity contribution < 1.29 is 9.90 Å². The van der Waals surface area contributed by atoms with Crippen LogP contribution in [0.5, 0.6) is 0 Å². The molecular formula is C16H12ClN5O2. The number of carboxylic acids is 1. The van der Waals surface area contributed by atoms with Gasteiger partial charge in [0.15, 0.2) is 17.3 Å². The monoisotopic (exact) mass is 341 g/mol. The van der Waals surface area contributed by atoms with Crippen LogP contribution in [0.3, 0.4) is 0 Å². The van der Waals surface area contributed by atoms with E-state index in [0.29, 0.717) is 23.2 Å². The van der Waals surface area contributed by atoms with E-state index in [9.17, 15) is 9.90 Å². The SMILES string of the molecule is O=C(O)c1ncn2c1Cn1nc(C3CC3)nc1-c1cc(Cl)ccc1-2. The van der Waals surface area contributed by atoms with Crippen molar-refractivity contribution >= 4 is 17.6 Å². The van der Waals surface area contributed by atoms with Crippen molar-refractivity contribution in [3.05, 3.63) is 46.8 Å². The lowest BCUT2D eigenvalue weighted by atomic mass is 10.1. The Hall–Kier alpha value is -2.67. The average Bonchev–Trinajstić information content (AvgIpc) is 3.21. The summed E-state index contributed by atoms with van der Waals surface area (Å²) in [5.41, 5.74) is 2.25. The maximum atomic E-state index is 11.5. The van der Waals surface area contributed by atoms with Crippen molar-refractivity contribution in [2.75, 3.05) is 0 Å². The minimum absolute atomic E-state index is 0.0345. The van der Waals surface area contributed by atoms with Gasteiger partial charge < -0.3 is 5.11 Å². The van der Waals surface area contributed by atoms with Crippen LogP contribution >= 0.6 is 11.6 Å². The fourth-order valence-electron chi connectivity index (χ4n) is 3.13. The Morgan fingerprint density at radius 3 is 2.92 bits per heavy atom. The molecule has 1 aromatic carbocycles. The van der Waals surface area contributed by atoms with Crippen molar-refractivity contribution in [1.82, 2.24) is 24.3 Å². The van der Waals surface area contributed by atoms with Crippen LogP contribution in [0.2, 0.25) is 5.02 Å². The molecule has 0 radical (unpaired) electrons. The molecule has 7 nitrogen and oxygen atoms in total. The van der Waals surface area contributed by atoms with Crippen LogP contribution < -0.4 is 0 Å². The Morgan fingerprint density at radius 1 is 1.33 bits per heavy atom. The zero-order valence-corrected chi connectivity index (χ0v) is 13.2. The van der Waals surface area contributed by atoms with Gasteiger partial charge in [0.25, 0.3) is 0 Å². The van der Waals surface area contributed by atoms with Crippen LogP contribution in [0.1, 0.15) is 40.8 Å². The molecule has 120 valence electrons. The lowest BCUT2D eigenvalue weighted by molar-refractivity contribution is 0.0689. The van der Waals surface area contributed by atoms with E-state index in [2.05, 4.69) is 10.1 Å². The van der Waals surface area contributed by atoms with Crippen LogP contribution in [-0.2, 0) is 6.54 Å². The minimum Gasteiger partial charge on any atom is -0.476 e. The van der Waals surface area contributed by atoms with Crippen LogP contribution in [0.25, 0.3) is 17.1 Å². The molecule has 0 atom stereocenters. The van der Waals surface area contributed by atoms with Gasteiger partial charge in [0.2, 0.25) is 0 Å². The molecule has 1 aliphatic heterocycles. The summed E-state index contributed by atoms with van der Waals surface area (Å²) in [6.45, 7) is 0.309. The summed E-state index contributed by atoms with van der Waals surface area (Å²) in [7, 11) is 0. The maximum absolute atomic E-state index is 11.5. The molecular weight excluding hydrogens is 330 g/mol. The Labute approximate surface area is 141 Å². The topological polar surface area (TPSA) is 85.8 Å². The highest BCUT2D eigenvalue weighted by atomic mass is 35.5. The van der Waals surface area contributed by atoms with Gasteiger partial charge in [-0.2, -0.15) is 5.10 Å². The normalized spacial score (nSPS) is 15.4. The minimum atomic E-state index is -1.05. The number of benzene rings is 1. The highest BCUT2D eigenvalue weighted by Crippen LogP contribution is 2.40. The summed E-state index contributed by atoms with van der Waals surface area (Å²) in [5, 5.41) is 14.6. The van der Waals surface area contributed by atoms with Gasteiger partial charge >= 0.3 is 5.97 Å². The first-order valence-corrected chi connectivity index (χ1v) is 8.04. The number of aromatic carboxylic acids is 1. The highest BCUT2D eigenvalue weighted by Gasteiger charge is 2.32. The number of carboxylic acid groups (broad SMARTS) is 1. The van der Waals surface area contributed by atoms with Gasteiger partial charge in [-0.15, -0.1) is 0 Å². The molecule has 8 heteroatoms. The van der Waals surface area contributed by atoms with E-state index in [1.807, 2.05) is 12.1 Å². The van der Waals surface area contributed by atoms with Crippen LogP contribution in [0.15, 0.2) is 24.5 Å². The van der Waals surface area contributed by atoms with E-state index < -0.39 is 5.97 Å². The number of aromatic nitrogens is 5. The zero-order valence-electron chi connectivity index (χ0n) is 12.5. The first-order valence-electron chi connectivity index (χ1n) is 7.66. The standard InChI is InChI=1S/C16H12ClN5O2/c17-9-3-4-11-10(5-9)15-19-14(8-1-2-8)20-22(15)6-12-13(16(23)24)18-7-21(11)12/h3-5,7-8H,1-2,6H2,(H,23,24). The fourth-order valence-corrected chi connectivity index (χ4v) is 3.31. The number of halogens is 1. The van der Waals surface area contributed by atoms with E-state index in [-0.39, 0.29) is 5.69 Å². The molecule has 5 rings (SSSR count). The van der Waals surface area contributed by atoms with Gasteiger partial charge in [-0.1, -0.05) is 11.6 Å². The molecule has 0 bridgehead atoms. The van der Waals surface area contributed by atoms with Gasteiger partial charge in [0.05, 0.1) is 17.9 Å². The molecule has 24 heavy (non-hydrogen) atoms. The molecule has 3 aromatic rings. The molecule has 0 spiro atoms. The lowest BCUT2D eigenvalue weighted by Crippen LogP contribution is -2.10. The molecule has 2 aliphatic rings. The Bertz CT molecular complexity index is 1000. The molecule has 1 fully saturated rings. The average molecular weight is 342 g/mol. The number of rotatable bonds is 2. The van der Waals surface area contributed by atoms with E-state index in [1.54, 1.807) is 15.3 Å². The summed E-state index contributed by atoms with van der Waals surface area (Å²) in [6, 6.07) is 5.47. The summed E-state index contributed by atoms with van der Waals surface area (Å²) < 4.78 is 3.54. The first kappa shape index (κ1) is 13.7. The molecule has 1 saturated carbocycles. The second-order valence-corrected chi connectivity index (χ2v) is 6.54. The van der Waals surface area contributed by atoms with Crippen molar-refractivity contribution in [1.29, 1.82) is 0 Å². The van der Waals surface area contributed by atoms with Crippen molar-refractivity contribution in [3.8, 4) is 17.1 Å². The molecule has 0 unspecified atom stereocenters. The van der Waals surface area contributed by atoms with E-state index >= 15 is 0 Å². The van der Waals surface area contributed by atoms with Gasteiger partial charge in [-0.05, 0) is 31.0 Å². The van der Waals surface area contributed by atoms with Crippen LogP contribution in [0, 0.1) is 0 Å². The lowest BCUT2D eigenvalue weighted by Gasteiger charge is -2.08. The molecule has 1 N–H and O–H groups in total. The largest absolute Gasteiger partial charge is 0.476 e. The Kier molecular flexibility index (Phi) is 2.67. The zero-order chi connectivity index (χ0) is 16.4. The number of nitrogens with zero attached hydrogens (tertiary/aromatic N) is 5. The predicted octanol–water partition coefficient (Wildman–Crippen LogP) is 2.72. The third kappa shape index (κ3) is 1.91. The quantitative estimate of drug-likeness (QED) is 0.606. The van der Waals surface area contributed by atoms with Crippen LogP contribution in [0.4, 0.5) is 0 Å². The van der Waals surface area contributed by atoms with Crippen molar-refractivity contribution in [2.45, 2.75) is 25.3 Å². The number of imidazole rings is 1. The molecule has 1 aliphatic carbocycles. The summed E-state index contributed by atoms with van der Waals surface area (Å²) >= 11 is 6.18. The second kappa shape index (κ2) is 4.67. The smallest absolute Gasteiger partial charge is 0.356 e. The first-order chi connectivity index (χ1) is 11.6. The third-order valence-corrected chi connectivity index (χ3v) is 4.69. The van der Waals surface area contributed by atoms with Crippen molar-refractivity contribution in [2.24, 2.45) is 0 Å². The van der Waals surface area contributed by atoms with E-state index in [4.69, 9.17) is 16.6 Å². The fraction of sp³-hybridized carbons (Fsp3) is 0.250. The number of carbonyl (C=O) groups is 1. The highest BCUT2D eigenvalue weighted by molar-refractivity contribution is 6.31. The Balaban J connectivity index is 1.81. The number of hydrogen-bond donors (Lipinski definition) is 1. The molecule has 0 amide bonds. The summed E-state index contributed by atoms with van der Waals surface area (Å²) in [4.78, 5) is 20.3. The number of fused-ring (bicyclic) bond motifs is 5. The Morgan fingerprint density at radius 2 is 2.17 bits per heavy atom. The second-order valence-electron chi connectivity index (χ2n) is 6.10. The van der Waals surface area contributed by atoms with Gasteiger partial charge in [-0.3, -0.25) is 4.57 Å². The maximum Gasteiger partial charge on any atom is 0.356 e. The third-order valence-electron chi connectivity index (χ3n) is 4.46. The van der Waals surface area contributed by atoms with Crippen LogP contribution in [-0.4, -0.2) is 35.4 Å². The molecule has 2 aromatic heterocycles. The van der Waals surface area contributed by atoms with E-state index in [1.165, 1.54) is 6.33 Å².